The standard InChI is InChI=1S/C26H25N5O3/c1-30-12-4-7-24(30)25(32)27-23-17-19(26(33)31-13-15-34-16-14-31)9-8-18(23)10-11-22-20-5-2-3-6-21(20)28-29-22/h2-12,17H,13-16H2,1H3,(H,27,32)(H,28,29). The van der Waals surface area contributed by atoms with Gasteiger partial charge in [0, 0.05) is 43.0 Å². The molecule has 2 N–H and O–H groups in total. The number of H-pyrrole nitrogens is 1. The van der Waals surface area contributed by atoms with Crippen molar-refractivity contribution in [3.05, 3.63) is 83.3 Å². The molecule has 34 heavy (non-hydrogen) atoms. The van der Waals surface area contributed by atoms with Gasteiger partial charge in [0.25, 0.3) is 11.8 Å². The summed E-state index contributed by atoms with van der Waals surface area (Å²) in [5.74, 6) is -0.324. The highest BCUT2D eigenvalue weighted by molar-refractivity contribution is 6.06. The molecule has 0 saturated carbocycles. The third-order valence-electron chi connectivity index (χ3n) is 5.94. The van der Waals surface area contributed by atoms with Crippen LogP contribution in [-0.2, 0) is 11.8 Å². The van der Waals surface area contributed by atoms with Crippen molar-refractivity contribution in [3.63, 3.8) is 0 Å². The van der Waals surface area contributed by atoms with Crippen LogP contribution in [0.5, 0.6) is 0 Å². The van der Waals surface area contributed by atoms with Crippen molar-refractivity contribution in [2.75, 3.05) is 31.6 Å². The molecule has 5 rings (SSSR count). The van der Waals surface area contributed by atoms with Crippen LogP contribution in [-0.4, -0.2) is 57.8 Å². The zero-order valence-electron chi connectivity index (χ0n) is 18.8. The number of aromatic nitrogens is 3. The lowest BCUT2D eigenvalue weighted by atomic mass is 10.1. The van der Waals surface area contributed by atoms with E-state index in [9.17, 15) is 9.59 Å². The second-order valence-corrected chi connectivity index (χ2v) is 8.15. The molecule has 2 aromatic carbocycles. The normalized spacial score (nSPS) is 14.1. The van der Waals surface area contributed by atoms with Crippen LogP contribution < -0.4 is 5.32 Å². The van der Waals surface area contributed by atoms with Crippen molar-refractivity contribution >= 4 is 40.6 Å². The molecule has 0 unspecified atom stereocenters. The number of hydrogen-bond acceptors (Lipinski definition) is 4. The number of rotatable bonds is 5. The number of nitrogens with zero attached hydrogens (tertiary/aromatic N) is 3. The van der Waals surface area contributed by atoms with Crippen LogP contribution in [0.3, 0.4) is 0 Å². The summed E-state index contributed by atoms with van der Waals surface area (Å²) in [6.07, 6.45) is 5.61. The number of aromatic amines is 1. The highest BCUT2D eigenvalue weighted by Crippen LogP contribution is 2.24. The van der Waals surface area contributed by atoms with E-state index < -0.39 is 0 Å². The Balaban J connectivity index is 1.48. The number of fused-ring (bicyclic) bond motifs is 1. The number of carbonyl (C=O) groups is 2. The Morgan fingerprint density at radius 3 is 2.68 bits per heavy atom. The molecule has 1 fully saturated rings. The summed E-state index contributed by atoms with van der Waals surface area (Å²) in [5, 5.41) is 11.4. The molecule has 172 valence electrons. The van der Waals surface area contributed by atoms with Crippen molar-refractivity contribution in [3.8, 4) is 0 Å². The first-order valence-corrected chi connectivity index (χ1v) is 11.1. The number of carbonyl (C=O) groups excluding carboxylic acids is 2. The summed E-state index contributed by atoms with van der Waals surface area (Å²) in [6.45, 7) is 2.16. The molecule has 3 heterocycles. The highest BCUT2D eigenvalue weighted by atomic mass is 16.5. The summed E-state index contributed by atoms with van der Waals surface area (Å²) in [4.78, 5) is 27.8. The number of nitrogens with one attached hydrogen (secondary N) is 2. The Kier molecular flexibility index (Phi) is 5.97. The van der Waals surface area contributed by atoms with Crippen molar-refractivity contribution in [2.24, 2.45) is 7.05 Å². The zero-order valence-corrected chi connectivity index (χ0v) is 18.8. The number of morpholine rings is 1. The fraction of sp³-hybridized carbons (Fsp3) is 0.192. The minimum Gasteiger partial charge on any atom is -0.378 e. The summed E-state index contributed by atoms with van der Waals surface area (Å²) >= 11 is 0. The quantitative estimate of drug-likeness (QED) is 0.479. The maximum absolute atomic E-state index is 13.0. The van der Waals surface area contributed by atoms with E-state index in [1.165, 1.54) is 0 Å². The summed E-state index contributed by atoms with van der Waals surface area (Å²) in [5.41, 5.74) is 4.12. The van der Waals surface area contributed by atoms with Gasteiger partial charge in [0.05, 0.1) is 24.4 Å². The van der Waals surface area contributed by atoms with Crippen LogP contribution in [0.4, 0.5) is 5.69 Å². The van der Waals surface area contributed by atoms with Gasteiger partial charge < -0.3 is 19.5 Å². The fourth-order valence-corrected chi connectivity index (χ4v) is 4.06. The van der Waals surface area contributed by atoms with Gasteiger partial charge in [-0.15, -0.1) is 0 Å². The number of ether oxygens (including phenoxy) is 1. The van der Waals surface area contributed by atoms with Gasteiger partial charge >= 0.3 is 0 Å². The lowest BCUT2D eigenvalue weighted by Gasteiger charge is -2.27. The molecule has 2 amide bonds. The molecule has 0 spiro atoms. The molecule has 8 nitrogen and oxygen atoms in total. The van der Waals surface area contributed by atoms with E-state index in [4.69, 9.17) is 4.74 Å². The largest absolute Gasteiger partial charge is 0.378 e. The topological polar surface area (TPSA) is 92.2 Å². The van der Waals surface area contributed by atoms with E-state index in [-0.39, 0.29) is 11.8 Å². The second kappa shape index (κ2) is 9.36. The lowest BCUT2D eigenvalue weighted by molar-refractivity contribution is 0.0303. The van der Waals surface area contributed by atoms with Crippen LogP contribution in [0.15, 0.2) is 60.8 Å². The molecule has 0 bridgehead atoms. The maximum Gasteiger partial charge on any atom is 0.272 e. The smallest absolute Gasteiger partial charge is 0.272 e. The van der Waals surface area contributed by atoms with Gasteiger partial charge in [0.15, 0.2) is 0 Å². The van der Waals surface area contributed by atoms with Crippen molar-refractivity contribution < 1.29 is 14.3 Å². The van der Waals surface area contributed by atoms with Gasteiger partial charge in [0.2, 0.25) is 0 Å². The minimum atomic E-state index is -0.247. The summed E-state index contributed by atoms with van der Waals surface area (Å²) in [7, 11) is 1.82. The van der Waals surface area contributed by atoms with Gasteiger partial charge in [0.1, 0.15) is 5.69 Å². The lowest BCUT2D eigenvalue weighted by Crippen LogP contribution is -2.40. The monoisotopic (exact) mass is 455 g/mol. The average molecular weight is 456 g/mol. The Morgan fingerprint density at radius 1 is 1.06 bits per heavy atom. The molecule has 1 aliphatic rings. The van der Waals surface area contributed by atoms with E-state index in [0.29, 0.717) is 43.2 Å². The molecule has 8 heteroatoms. The van der Waals surface area contributed by atoms with Crippen LogP contribution in [0, 0.1) is 0 Å². The number of para-hydroxylation sites is 1. The second-order valence-electron chi connectivity index (χ2n) is 8.15. The number of anilines is 1. The molecule has 4 aromatic rings. The van der Waals surface area contributed by atoms with Crippen LogP contribution in [0.25, 0.3) is 23.1 Å². The number of amides is 2. The SMILES string of the molecule is Cn1cccc1C(=O)Nc1cc(C(=O)N2CCOCC2)ccc1C=Cc1n[nH]c2ccccc12. The fourth-order valence-electron chi connectivity index (χ4n) is 4.06. The van der Waals surface area contributed by atoms with Gasteiger partial charge in [-0.25, -0.2) is 0 Å². The number of aryl methyl sites for hydroxylation is 1. The van der Waals surface area contributed by atoms with E-state index in [1.807, 2.05) is 61.8 Å². The third kappa shape index (κ3) is 4.35. The molecular formula is C26H25N5O3. The Bertz CT molecular complexity index is 1380. The number of hydrogen-bond donors (Lipinski definition) is 2. The molecule has 0 aliphatic carbocycles. The van der Waals surface area contributed by atoms with E-state index in [2.05, 4.69) is 15.5 Å². The van der Waals surface area contributed by atoms with Crippen LogP contribution in [0.1, 0.15) is 32.1 Å². The van der Waals surface area contributed by atoms with Crippen molar-refractivity contribution in [2.45, 2.75) is 0 Å². The van der Waals surface area contributed by atoms with Gasteiger partial charge in [-0.05, 0) is 42.0 Å². The van der Waals surface area contributed by atoms with Crippen molar-refractivity contribution in [1.29, 1.82) is 0 Å². The van der Waals surface area contributed by atoms with Gasteiger partial charge in [-0.3, -0.25) is 14.7 Å². The van der Waals surface area contributed by atoms with Gasteiger partial charge in [-0.1, -0.05) is 30.3 Å². The first kappa shape index (κ1) is 21.7. The predicted octanol–water partition coefficient (Wildman–Crippen LogP) is 3.80. The first-order valence-electron chi connectivity index (χ1n) is 11.1. The molecular weight excluding hydrogens is 430 g/mol. The molecule has 0 radical (unpaired) electrons. The average Bonchev–Trinajstić information content (AvgIpc) is 3.49. The first-order chi connectivity index (χ1) is 16.6. The maximum atomic E-state index is 13.0. The van der Waals surface area contributed by atoms with Crippen LogP contribution in [0.2, 0.25) is 0 Å². The predicted molar refractivity (Wildman–Crippen MR) is 132 cm³/mol. The minimum absolute atomic E-state index is 0.0773. The molecule has 1 saturated heterocycles. The molecule has 1 aliphatic heterocycles. The van der Waals surface area contributed by atoms with E-state index in [1.54, 1.807) is 27.7 Å². The zero-order chi connectivity index (χ0) is 23.5. The van der Waals surface area contributed by atoms with Crippen molar-refractivity contribution in [1.82, 2.24) is 19.7 Å². The van der Waals surface area contributed by atoms with E-state index in [0.717, 1.165) is 22.2 Å². The van der Waals surface area contributed by atoms with Gasteiger partial charge in [-0.2, -0.15) is 5.10 Å². The summed E-state index contributed by atoms with van der Waals surface area (Å²) in [6, 6.07) is 16.8. The highest BCUT2D eigenvalue weighted by Gasteiger charge is 2.20. The third-order valence-corrected chi connectivity index (χ3v) is 5.94. The number of benzene rings is 2. The Hall–Kier alpha value is -4.17. The summed E-state index contributed by atoms with van der Waals surface area (Å²) < 4.78 is 7.11. The Morgan fingerprint density at radius 2 is 1.88 bits per heavy atom. The Labute approximate surface area is 196 Å². The van der Waals surface area contributed by atoms with E-state index >= 15 is 0 Å². The van der Waals surface area contributed by atoms with Crippen LogP contribution >= 0.6 is 0 Å². The molecule has 0 atom stereocenters. The molecule has 2 aromatic heterocycles.